The van der Waals surface area contributed by atoms with Crippen LogP contribution < -0.4 is 4.90 Å². The number of morpholine rings is 1. The number of nitrogens with zero attached hydrogens (tertiary/aromatic N) is 3. The van der Waals surface area contributed by atoms with Crippen molar-refractivity contribution in [3.8, 4) is 0 Å². The van der Waals surface area contributed by atoms with Gasteiger partial charge in [0.05, 0.1) is 31.3 Å². The number of fused-ring (bicyclic) bond motifs is 1. The first-order chi connectivity index (χ1) is 11.2. The SMILES string of the molecule is O=C1OC[C@H]2CN(C(=O)c3ccc(N4CCOCC4)nc3)C[C@@H]12. The van der Waals surface area contributed by atoms with Crippen LogP contribution in [0.4, 0.5) is 5.82 Å². The lowest BCUT2D eigenvalue weighted by molar-refractivity contribution is -0.141. The van der Waals surface area contributed by atoms with E-state index in [4.69, 9.17) is 9.47 Å². The van der Waals surface area contributed by atoms with Crippen molar-refractivity contribution in [2.75, 3.05) is 50.9 Å². The van der Waals surface area contributed by atoms with Crippen LogP contribution >= 0.6 is 0 Å². The molecule has 7 nitrogen and oxygen atoms in total. The zero-order valence-electron chi connectivity index (χ0n) is 12.8. The third-order valence-electron chi connectivity index (χ3n) is 4.80. The molecule has 0 aliphatic carbocycles. The van der Waals surface area contributed by atoms with Crippen molar-refractivity contribution < 1.29 is 19.1 Å². The van der Waals surface area contributed by atoms with E-state index in [2.05, 4.69) is 9.88 Å². The van der Waals surface area contributed by atoms with E-state index in [1.54, 1.807) is 11.1 Å². The number of pyridine rings is 1. The summed E-state index contributed by atoms with van der Waals surface area (Å²) in [6, 6.07) is 3.69. The summed E-state index contributed by atoms with van der Waals surface area (Å²) in [5.41, 5.74) is 0.565. The number of hydrogen-bond donors (Lipinski definition) is 0. The molecule has 0 spiro atoms. The molecule has 0 saturated carbocycles. The molecule has 4 rings (SSSR count). The van der Waals surface area contributed by atoms with Crippen LogP contribution in [0.3, 0.4) is 0 Å². The van der Waals surface area contributed by atoms with Crippen molar-refractivity contribution >= 4 is 17.7 Å². The maximum absolute atomic E-state index is 12.6. The Morgan fingerprint density at radius 2 is 2.04 bits per heavy atom. The minimum atomic E-state index is -0.175. The Labute approximate surface area is 134 Å². The largest absolute Gasteiger partial charge is 0.465 e. The minimum absolute atomic E-state index is 0.0618. The third kappa shape index (κ3) is 2.65. The van der Waals surface area contributed by atoms with Crippen LogP contribution in [0.25, 0.3) is 0 Å². The van der Waals surface area contributed by atoms with Gasteiger partial charge in [-0.05, 0) is 12.1 Å². The summed E-state index contributed by atoms with van der Waals surface area (Å²) < 4.78 is 10.4. The lowest BCUT2D eigenvalue weighted by Crippen LogP contribution is -2.36. The maximum Gasteiger partial charge on any atom is 0.311 e. The summed E-state index contributed by atoms with van der Waals surface area (Å²) in [5.74, 6) is 0.623. The van der Waals surface area contributed by atoms with Gasteiger partial charge in [-0.25, -0.2) is 4.98 Å². The second kappa shape index (κ2) is 5.81. The molecule has 4 heterocycles. The lowest BCUT2D eigenvalue weighted by atomic mass is 10.0. The van der Waals surface area contributed by atoms with Gasteiger partial charge >= 0.3 is 5.97 Å². The lowest BCUT2D eigenvalue weighted by Gasteiger charge is -2.27. The molecule has 3 aliphatic rings. The molecule has 3 aliphatic heterocycles. The summed E-state index contributed by atoms with van der Waals surface area (Å²) in [6.07, 6.45) is 1.62. The molecule has 23 heavy (non-hydrogen) atoms. The quantitative estimate of drug-likeness (QED) is 0.724. The van der Waals surface area contributed by atoms with Gasteiger partial charge in [0.1, 0.15) is 5.82 Å². The highest BCUT2D eigenvalue weighted by molar-refractivity contribution is 5.95. The van der Waals surface area contributed by atoms with E-state index >= 15 is 0 Å². The number of amides is 1. The van der Waals surface area contributed by atoms with E-state index in [1.807, 2.05) is 12.1 Å². The number of cyclic esters (lactones) is 1. The second-order valence-electron chi connectivity index (χ2n) is 6.21. The average Bonchev–Trinajstić information content (AvgIpc) is 3.18. The first kappa shape index (κ1) is 14.4. The average molecular weight is 317 g/mol. The van der Waals surface area contributed by atoms with Crippen molar-refractivity contribution in [2.24, 2.45) is 11.8 Å². The smallest absolute Gasteiger partial charge is 0.311 e. The van der Waals surface area contributed by atoms with Crippen LogP contribution in [0.1, 0.15) is 10.4 Å². The predicted octanol–water partition coefficient (Wildman–Crippen LogP) is 0.163. The van der Waals surface area contributed by atoms with E-state index in [0.717, 1.165) is 18.9 Å². The third-order valence-corrected chi connectivity index (χ3v) is 4.80. The zero-order valence-corrected chi connectivity index (χ0v) is 12.8. The van der Waals surface area contributed by atoms with Gasteiger partial charge in [-0.15, -0.1) is 0 Å². The van der Waals surface area contributed by atoms with Crippen molar-refractivity contribution in [1.82, 2.24) is 9.88 Å². The molecule has 1 aromatic heterocycles. The number of anilines is 1. The second-order valence-corrected chi connectivity index (χ2v) is 6.21. The molecule has 0 unspecified atom stereocenters. The molecule has 3 saturated heterocycles. The fourth-order valence-electron chi connectivity index (χ4n) is 3.44. The first-order valence-corrected chi connectivity index (χ1v) is 7.97. The molecule has 0 radical (unpaired) electrons. The summed E-state index contributed by atoms with van der Waals surface area (Å²) in [6.45, 7) is 4.51. The van der Waals surface area contributed by atoms with Crippen LogP contribution in [-0.4, -0.2) is 67.8 Å². The number of carbonyl (C=O) groups is 2. The predicted molar refractivity (Wildman–Crippen MR) is 81.1 cm³/mol. The van der Waals surface area contributed by atoms with Crippen molar-refractivity contribution in [1.29, 1.82) is 0 Å². The van der Waals surface area contributed by atoms with Crippen molar-refractivity contribution in [2.45, 2.75) is 0 Å². The first-order valence-electron chi connectivity index (χ1n) is 7.97. The molecular weight excluding hydrogens is 298 g/mol. The van der Waals surface area contributed by atoms with E-state index < -0.39 is 0 Å². The Hall–Kier alpha value is -2.15. The van der Waals surface area contributed by atoms with Gasteiger partial charge in [0, 0.05) is 38.3 Å². The van der Waals surface area contributed by atoms with Gasteiger partial charge in [-0.2, -0.15) is 0 Å². The number of likely N-dealkylation sites (tertiary alicyclic amines) is 1. The summed E-state index contributed by atoms with van der Waals surface area (Å²) in [4.78, 5) is 32.5. The van der Waals surface area contributed by atoms with Gasteiger partial charge in [0.2, 0.25) is 0 Å². The molecule has 7 heteroatoms. The van der Waals surface area contributed by atoms with E-state index in [9.17, 15) is 9.59 Å². The minimum Gasteiger partial charge on any atom is -0.465 e. The fourth-order valence-corrected chi connectivity index (χ4v) is 3.44. The number of hydrogen-bond acceptors (Lipinski definition) is 6. The molecule has 2 atom stereocenters. The summed E-state index contributed by atoms with van der Waals surface area (Å²) >= 11 is 0. The molecule has 0 bridgehead atoms. The van der Waals surface area contributed by atoms with E-state index in [1.165, 1.54) is 0 Å². The maximum atomic E-state index is 12.6. The highest BCUT2D eigenvalue weighted by Crippen LogP contribution is 2.31. The molecule has 1 amide bonds. The standard InChI is InChI=1S/C16H19N3O4/c20-15(19-8-12-10-23-16(21)13(12)9-19)11-1-2-14(17-7-11)18-3-5-22-6-4-18/h1-2,7,12-13H,3-6,8-10H2/t12-,13-/m1/s1. The molecular formula is C16H19N3O4. The highest BCUT2D eigenvalue weighted by atomic mass is 16.5. The zero-order chi connectivity index (χ0) is 15.8. The number of aromatic nitrogens is 1. The molecule has 3 fully saturated rings. The van der Waals surface area contributed by atoms with Crippen LogP contribution in [0.2, 0.25) is 0 Å². The molecule has 0 N–H and O–H groups in total. The number of ether oxygens (including phenoxy) is 2. The van der Waals surface area contributed by atoms with E-state index in [0.29, 0.717) is 38.5 Å². The van der Waals surface area contributed by atoms with Crippen LogP contribution in [0.5, 0.6) is 0 Å². The topological polar surface area (TPSA) is 72.0 Å². The fraction of sp³-hybridized carbons (Fsp3) is 0.562. The molecule has 0 aromatic carbocycles. The Morgan fingerprint density at radius 1 is 1.22 bits per heavy atom. The van der Waals surface area contributed by atoms with Crippen molar-refractivity contribution in [3.63, 3.8) is 0 Å². The summed E-state index contributed by atoms with van der Waals surface area (Å²) in [7, 11) is 0. The number of rotatable bonds is 2. The van der Waals surface area contributed by atoms with Gasteiger partial charge in [0.25, 0.3) is 5.91 Å². The number of esters is 1. The van der Waals surface area contributed by atoms with Crippen LogP contribution in [0, 0.1) is 11.8 Å². The van der Waals surface area contributed by atoms with Gasteiger partial charge < -0.3 is 19.3 Å². The van der Waals surface area contributed by atoms with Crippen LogP contribution in [0.15, 0.2) is 18.3 Å². The van der Waals surface area contributed by atoms with Gasteiger partial charge in [0.15, 0.2) is 0 Å². The van der Waals surface area contributed by atoms with Gasteiger partial charge in [-0.1, -0.05) is 0 Å². The number of carbonyl (C=O) groups excluding carboxylic acids is 2. The highest BCUT2D eigenvalue weighted by Gasteiger charge is 2.45. The Morgan fingerprint density at radius 3 is 2.74 bits per heavy atom. The van der Waals surface area contributed by atoms with Crippen molar-refractivity contribution in [3.05, 3.63) is 23.9 Å². The normalized spacial score (nSPS) is 27.0. The summed E-state index contributed by atoms with van der Waals surface area (Å²) in [5, 5.41) is 0. The Bertz CT molecular complexity index is 612. The Kier molecular flexibility index (Phi) is 3.65. The molecule has 122 valence electrons. The van der Waals surface area contributed by atoms with Crippen LogP contribution in [-0.2, 0) is 14.3 Å². The monoisotopic (exact) mass is 317 g/mol. The van der Waals surface area contributed by atoms with Gasteiger partial charge in [-0.3, -0.25) is 9.59 Å². The Balaban J connectivity index is 1.44. The van der Waals surface area contributed by atoms with E-state index in [-0.39, 0.29) is 23.7 Å². The molecule has 1 aromatic rings.